The number of hydrogen-bond donors (Lipinski definition) is 0. The van der Waals surface area contributed by atoms with E-state index in [1.165, 1.54) is 0 Å². The molecule has 2 heterocycles. The van der Waals surface area contributed by atoms with Gasteiger partial charge in [0.15, 0.2) is 5.69 Å². The Hall–Kier alpha value is -1.98. The first-order valence-electron chi connectivity index (χ1n) is 8.47. The fourth-order valence-electron chi connectivity index (χ4n) is 3.32. The lowest BCUT2D eigenvalue weighted by molar-refractivity contribution is 0.0277. The Bertz CT molecular complexity index is 712. The first kappa shape index (κ1) is 17.8. The normalized spacial score (nSPS) is 16.4. The number of ether oxygens (including phenoxy) is 1. The van der Waals surface area contributed by atoms with E-state index in [0.29, 0.717) is 16.6 Å². The summed E-state index contributed by atoms with van der Waals surface area (Å²) in [5.41, 5.74) is 2.23. The summed E-state index contributed by atoms with van der Waals surface area (Å²) in [6, 6.07) is 11.2. The summed E-state index contributed by atoms with van der Waals surface area (Å²) in [6.45, 7) is 3.30. The lowest BCUT2D eigenvalue weighted by atomic mass is 9.86. The molecule has 2 aromatic rings. The van der Waals surface area contributed by atoms with Gasteiger partial charge in [0.05, 0.1) is 11.7 Å². The van der Waals surface area contributed by atoms with Gasteiger partial charge in [-0.2, -0.15) is 5.10 Å². The molecule has 0 radical (unpaired) electrons. The molecule has 0 spiro atoms. The molecule has 132 valence electrons. The van der Waals surface area contributed by atoms with Gasteiger partial charge < -0.3 is 9.64 Å². The smallest absolute Gasteiger partial charge is 0.274 e. The average Bonchev–Trinajstić information content (AvgIpc) is 2.64. The highest BCUT2D eigenvalue weighted by Gasteiger charge is 2.32. The van der Waals surface area contributed by atoms with Gasteiger partial charge in [-0.1, -0.05) is 23.7 Å². The van der Waals surface area contributed by atoms with Gasteiger partial charge >= 0.3 is 0 Å². The van der Waals surface area contributed by atoms with E-state index in [-0.39, 0.29) is 11.9 Å². The largest absolute Gasteiger partial charge is 0.381 e. The third kappa shape index (κ3) is 4.17. The van der Waals surface area contributed by atoms with E-state index in [2.05, 4.69) is 10.2 Å². The Balaban J connectivity index is 1.90. The molecule has 1 aromatic carbocycles. The number of hydrogen-bond acceptors (Lipinski definition) is 4. The lowest BCUT2D eigenvalue weighted by Crippen LogP contribution is -2.38. The van der Waals surface area contributed by atoms with E-state index >= 15 is 0 Å². The summed E-state index contributed by atoms with van der Waals surface area (Å²) in [5, 5.41) is 8.74. The van der Waals surface area contributed by atoms with Crippen LogP contribution in [0, 0.1) is 12.8 Å². The van der Waals surface area contributed by atoms with Crippen LogP contribution in [-0.4, -0.2) is 41.3 Å². The second-order valence-corrected chi connectivity index (χ2v) is 6.86. The van der Waals surface area contributed by atoms with Crippen molar-refractivity contribution >= 4 is 17.5 Å². The number of nitrogens with zero attached hydrogens (tertiary/aromatic N) is 3. The van der Waals surface area contributed by atoms with Crippen LogP contribution in [0.15, 0.2) is 36.4 Å². The maximum Gasteiger partial charge on any atom is 0.274 e. The highest BCUT2D eigenvalue weighted by atomic mass is 35.5. The minimum Gasteiger partial charge on any atom is -0.381 e. The van der Waals surface area contributed by atoms with Crippen molar-refractivity contribution < 1.29 is 9.53 Å². The standard InChI is InChI=1S/C19H22ClN3O2/c1-13-3-8-17(22-21-13)19(24)23(2)18(15-9-11-25-12-10-15)14-4-6-16(20)7-5-14/h3-8,15,18H,9-12H2,1-2H3. The van der Waals surface area contributed by atoms with Crippen molar-refractivity contribution in [2.75, 3.05) is 20.3 Å². The van der Waals surface area contributed by atoms with E-state index in [1.54, 1.807) is 17.0 Å². The van der Waals surface area contributed by atoms with Gasteiger partial charge in [0.2, 0.25) is 0 Å². The fraction of sp³-hybridized carbons (Fsp3) is 0.421. The van der Waals surface area contributed by atoms with Gasteiger partial charge in [0.1, 0.15) is 0 Å². The van der Waals surface area contributed by atoms with Crippen LogP contribution in [-0.2, 0) is 4.74 Å². The molecule has 1 fully saturated rings. The van der Waals surface area contributed by atoms with Crippen LogP contribution in [0.1, 0.15) is 40.6 Å². The zero-order valence-corrected chi connectivity index (χ0v) is 15.2. The molecule has 1 unspecified atom stereocenters. The Labute approximate surface area is 153 Å². The van der Waals surface area contributed by atoms with Crippen LogP contribution in [0.25, 0.3) is 0 Å². The maximum atomic E-state index is 12.9. The molecule has 1 atom stereocenters. The van der Waals surface area contributed by atoms with Crippen molar-refractivity contribution in [3.63, 3.8) is 0 Å². The zero-order chi connectivity index (χ0) is 17.8. The summed E-state index contributed by atoms with van der Waals surface area (Å²) < 4.78 is 5.50. The van der Waals surface area contributed by atoms with Gasteiger partial charge in [0, 0.05) is 25.3 Å². The Morgan fingerprint density at radius 3 is 2.44 bits per heavy atom. The molecular formula is C19H22ClN3O2. The summed E-state index contributed by atoms with van der Waals surface area (Å²) >= 11 is 6.04. The summed E-state index contributed by atoms with van der Waals surface area (Å²) in [7, 11) is 1.83. The number of rotatable bonds is 4. The predicted octanol–water partition coefficient (Wildman–Crippen LogP) is 3.68. The summed E-state index contributed by atoms with van der Waals surface area (Å²) in [5.74, 6) is 0.209. The maximum absolute atomic E-state index is 12.9. The van der Waals surface area contributed by atoms with E-state index < -0.39 is 0 Å². The van der Waals surface area contributed by atoms with E-state index in [4.69, 9.17) is 16.3 Å². The molecule has 0 saturated carbocycles. The number of aromatic nitrogens is 2. The number of carbonyl (C=O) groups excluding carboxylic acids is 1. The number of benzene rings is 1. The number of aryl methyl sites for hydroxylation is 1. The van der Waals surface area contributed by atoms with Gasteiger partial charge in [-0.25, -0.2) is 0 Å². The average molecular weight is 360 g/mol. The van der Waals surface area contributed by atoms with Gasteiger partial charge in [-0.15, -0.1) is 5.10 Å². The highest BCUT2D eigenvalue weighted by Crippen LogP contribution is 2.35. The number of amides is 1. The van der Waals surface area contributed by atoms with Crippen molar-refractivity contribution in [2.24, 2.45) is 5.92 Å². The minimum atomic E-state index is -0.126. The minimum absolute atomic E-state index is 0.0447. The fourth-order valence-corrected chi connectivity index (χ4v) is 3.45. The molecule has 1 saturated heterocycles. The van der Waals surface area contributed by atoms with Crippen molar-refractivity contribution in [1.82, 2.24) is 15.1 Å². The zero-order valence-electron chi connectivity index (χ0n) is 14.5. The van der Waals surface area contributed by atoms with Gasteiger partial charge in [-0.3, -0.25) is 4.79 Å². The van der Waals surface area contributed by atoms with Crippen molar-refractivity contribution in [1.29, 1.82) is 0 Å². The summed E-state index contributed by atoms with van der Waals surface area (Å²) in [4.78, 5) is 14.7. The molecule has 1 aromatic heterocycles. The SMILES string of the molecule is Cc1ccc(C(=O)N(C)C(c2ccc(Cl)cc2)C2CCOCC2)nn1. The van der Waals surface area contributed by atoms with Crippen LogP contribution in [0.4, 0.5) is 0 Å². The van der Waals surface area contributed by atoms with Crippen LogP contribution >= 0.6 is 11.6 Å². The molecule has 1 aliphatic rings. The van der Waals surface area contributed by atoms with Gasteiger partial charge in [-0.05, 0) is 55.5 Å². The highest BCUT2D eigenvalue weighted by molar-refractivity contribution is 6.30. The van der Waals surface area contributed by atoms with Gasteiger partial charge in [0.25, 0.3) is 5.91 Å². The lowest BCUT2D eigenvalue weighted by Gasteiger charge is -2.37. The molecule has 25 heavy (non-hydrogen) atoms. The first-order valence-corrected chi connectivity index (χ1v) is 8.85. The Kier molecular flexibility index (Phi) is 5.66. The number of carbonyl (C=O) groups is 1. The van der Waals surface area contributed by atoms with E-state index in [0.717, 1.165) is 37.3 Å². The van der Waals surface area contributed by atoms with E-state index in [1.807, 2.05) is 38.2 Å². The molecule has 1 aliphatic heterocycles. The second kappa shape index (κ2) is 7.93. The Morgan fingerprint density at radius 1 is 1.16 bits per heavy atom. The summed E-state index contributed by atoms with van der Waals surface area (Å²) in [6.07, 6.45) is 1.84. The molecule has 6 heteroatoms. The third-order valence-corrected chi connectivity index (χ3v) is 4.93. The van der Waals surface area contributed by atoms with Crippen LogP contribution in [0.3, 0.4) is 0 Å². The predicted molar refractivity (Wildman–Crippen MR) is 96.6 cm³/mol. The third-order valence-electron chi connectivity index (χ3n) is 4.68. The van der Waals surface area contributed by atoms with Crippen LogP contribution in [0.2, 0.25) is 5.02 Å². The Morgan fingerprint density at radius 2 is 1.84 bits per heavy atom. The quantitative estimate of drug-likeness (QED) is 0.835. The van der Waals surface area contributed by atoms with E-state index in [9.17, 15) is 4.79 Å². The monoisotopic (exact) mass is 359 g/mol. The van der Waals surface area contributed by atoms with Crippen molar-refractivity contribution in [2.45, 2.75) is 25.8 Å². The van der Waals surface area contributed by atoms with Crippen molar-refractivity contribution in [3.8, 4) is 0 Å². The molecule has 0 bridgehead atoms. The molecule has 3 rings (SSSR count). The molecule has 5 nitrogen and oxygen atoms in total. The molecule has 0 aliphatic carbocycles. The molecular weight excluding hydrogens is 338 g/mol. The topological polar surface area (TPSA) is 55.3 Å². The van der Waals surface area contributed by atoms with Crippen molar-refractivity contribution in [3.05, 3.63) is 58.4 Å². The molecule has 1 amide bonds. The van der Waals surface area contributed by atoms with Crippen LogP contribution < -0.4 is 0 Å². The number of halogens is 1. The molecule has 0 N–H and O–H groups in total. The second-order valence-electron chi connectivity index (χ2n) is 6.42. The first-order chi connectivity index (χ1) is 12.1. The van der Waals surface area contributed by atoms with Crippen LogP contribution in [0.5, 0.6) is 0 Å².